The third-order valence-corrected chi connectivity index (χ3v) is 6.24. The maximum atomic E-state index is 13.8. The minimum atomic E-state index is -1.28. The minimum Gasteiger partial charge on any atom is -0.461 e. The summed E-state index contributed by atoms with van der Waals surface area (Å²) in [5.74, 6) is -1.00. The SMILES string of the molecule is CCOC(=O)c1cc2n(n1)CC(C)(C(=O)NCc1ccccc1)N(c1ccc(C(C)C)cc1)C2=O. The fourth-order valence-corrected chi connectivity index (χ4v) is 4.27. The Balaban J connectivity index is 1.73. The lowest BCUT2D eigenvalue weighted by molar-refractivity contribution is -0.126. The number of hydrogen-bond acceptors (Lipinski definition) is 5. The zero-order valence-corrected chi connectivity index (χ0v) is 20.4. The molecule has 4 rings (SSSR count). The van der Waals surface area contributed by atoms with E-state index in [4.69, 9.17) is 4.74 Å². The Kier molecular flexibility index (Phi) is 6.73. The minimum absolute atomic E-state index is 0.0410. The first kappa shape index (κ1) is 24.2. The molecule has 1 N–H and O–H groups in total. The molecule has 0 saturated carbocycles. The monoisotopic (exact) mass is 474 g/mol. The molecule has 2 amide bonds. The molecule has 1 aliphatic heterocycles. The predicted molar refractivity (Wildman–Crippen MR) is 132 cm³/mol. The van der Waals surface area contributed by atoms with Crippen LogP contribution in [0.25, 0.3) is 0 Å². The fourth-order valence-electron chi connectivity index (χ4n) is 4.27. The summed E-state index contributed by atoms with van der Waals surface area (Å²) in [6, 6.07) is 18.6. The first-order valence-corrected chi connectivity index (χ1v) is 11.8. The topological polar surface area (TPSA) is 93.5 Å². The van der Waals surface area contributed by atoms with Gasteiger partial charge in [-0.2, -0.15) is 5.10 Å². The molecule has 8 nitrogen and oxygen atoms in total. The normalized spacial score (nSPS) is 17.3. The van der Waals surface area contributed by atoms with E-state index in [1.165, 1.54) is 15.6 Å². The van der Waals surface area contributed by atoms with Crippen LogP contribution in [0, 0.1) is 0 Å². The number of aromatic nitrogens is 2. The molecule has 35 heavy (non-hydrogen) atoms. The van der Waals surface area contributed by atoms with Gasteiger partial charge in [-0.25, -0.2) is 4.79 Å². The Morgan fingerprint density at radius 2 is 1.80 bits per heavy atom. The molecule has 0 saturated heterocycles. The van der Waals surface area contributed by atoms with Crippen LogP contribution in [0.15, 0.2) is 60.7 Å². The van der Waals surface area contributed by atoms with Gasteiger partial charge in [-0.05, 0) is 43.0 Å². The molecule has 1 unspecified atom stereocenters. The van der Waals surface area contributed by atoms with Gasteiger partial charge in [0.05, 0.1) is 13.2 Å². The number of rotatable bonds is 7. The Morgan fingerprint density at radius 3 is 2.43 bits per heavy atom. The van der Waals surface area contributed by atoms with E-state index >= 15 is 0 Å². The Morgan fingerprint density at radius 1 is 1.11 bits per heavy atom. The molecule has 1 aromatic heterocycles. The van der Waals surface area contributed by atoms with Crippen molar-refractivity contribution in [3.63, 3.8) is 0 Å². The highest BCUT2D eigenvalue weighted by molar-refractivity contribution is 6.12. The number of esters is 1. The summed E-state index contributed by atoms with van der Waals surface area (Å²) in [6.07, 6.45) is 0. The van der Waals surface area contributed by atoms with Gasteiger partial charge >= 0.3 is 5.97 Å². The van der Waals surface area contributed by atoms with Crippen LogP contribution in [0.5, 0.6) is 0 Å². The second kappa shape index (κ2) is 9.74. The summed E-state index contributed by atoms with van der Waals surface area (Å²) in [5.41, 5.74) is 1.67. The van der Waals surface area contributed by atoms with Crippen LogP contribution in [0.3, 0.4) is 0 Å². The van der Waals surface area contributed by atoms with Crippen LogP contribution in [0.2, 0.25) is 0 Å². The summed E-state index contributed by atoms with van der Waals surface area (Å²) in [4.78, 5) is 41.1. The van der Waals surface area contributed by atoms with Crippen molar-refractivity contribution in [1.29, 1.82) is 0 Å². The molecule has 2 aromatic carbocycles. The summed E-state index contributed by atoms with van der Waals surface area (Å²) in [5, 5.41) is 7.27. The zero-order chi connectivity index (χ0) is 25.2. The lowest BCUT2D eigenvalue weighted by Gasteiger charge is -2.43. The van der Waals surface area contributed by atoms with Crippen molar-refractivity contribution in [1.82, 2.24) is 15.1 Å². The smallest absolute Gasteiger partial charge is 0.358 e. The van der Waals surface area contributed by atoms with Gasteiger partial charge in [0.2, 0.25) is 5.91 Å². The van der Waals surface area contributed by atoms with Gasteiger partial charge in [-0.15, -0.1) is 0 Å². The molecule has 0 fully saturated rings. The summed E-state index contributed by atoms with van der Waals surface area (Å²) < 4.78 is 6.48. The Bertz CT molecular complexity index is 1230. The van der Waals surface area contributed by atoms with E-state index in [9.17, 15) is 14.4 Å². The summed E-state index contributed by atoms with van der Waals surface area (Å²) in [6.45, 7) is 8.22. The van der Waals surface area contributed by atoms with Crippen LogP contribution in [0.4, 0.5) is 5.69 Å². The fraction of sp³-hybridized carbons (Fsp3) is 0.333. The number of amides is 2. The molecule has 1 atom stereocenters. The average Bonchev–Trinajstić information content (AvgIpc) is 3.28. The van der Waals surface area contributed by atoms with E-state index in [-0.39, 0.29) is 30.4 Å². The van der Waals surface area contributed by atoms with Crippen LogP contribution in [-0.2, 0) is 22.6 Å². The zero-order valence-electron chi connectivity index (χ0n) is 20.4. The van der Waals surface area contributed by atoms with Crippen LogP contribution >= 0.6 is 0 Å². The standard InChI is InChI=1S/C27H30N4O4/c1-5-35-25(33)22-15-23-24(32)31(21-13-11-20(12-14-21)18(2)3)27(4,17-30(23)29-22)26(34)28-16-19-9-7-6-8-10-19/h6-15,18H,5,16-17H2,1-4H3,(H,28,34). The van der Waals surface area contributed by atoms with Crippen LogP contribution < -0.4 is 10.2 Å². The van der Waals surface area contributed by atoms with Crippen molar-refractivity contribution in [2.24, 2.45) is 0 Å². The van der Waals surface area contributed by atoms with Crippen molar-refractivity contribution in [3.8, 4) is 0 Å². The summed E-state index contributed by atoms with van der Waals surface area (Å²) >= 11 is 0. The molecule has 182 valence electrons. The van der Waals surface area contributed by atoms with E-state index in [1.54, 1.807) is 13.8 Å². The van der Waals surface area contributed by atoms with Crippen LogP contribution in [0.1, 0.15) is 65.7 Å². The van der Waals surface area contributed by atoms with E-state index < -0.39 is 17.4 Å². The van der Waals surface area contributed by atoms with Gasteiger partial charge < -0.3 is 10.1 Å². The third-order valence-electron chi connectivity index (χ3n) is 6.24. The molecule has 0 bridgehead atoms. The first-order valence-electron chi connectivity index (χ1n) is 11.8. The van der Waals surface area contributed by atoms with E-state index in [1.807, 2.05) is 54.6 Å². The molecule has 0 aliphatic carbocycles. The number of anilines is 1. The van der Waals surface area contributed by atoms with E-state index in [0.29, 0.717) is 18.2 Å². The molecule has 3 aromatic rings. The van der Waals surface area contributed by atoms with E-state index in [2.05, 4.69) is 24.3 Å². The number of nitrogens with one attached hydrogen (secondary N) is 1. The molecular formula is C27H30N4O4. The molecule has 2 heterocycles. The Hall–Kier alpha value is -3.94. The van der Waals surface area contributed by atoms with Crippen molar-refractivity contribution >= 4 is 23.5 Å². The third kappa shape index (κ3) is 4.69. The number of hydrogen-bond donors (Lipinski definition) is 1. The number of benzene rings is 2. The molecule has 0 spiro atoms. The van der Waals surface area contributed by atoms with Crippen LogP contribution in [-0.4, -0.2) is 39.7 Å². The lowest BCUT2D eigenvalue weighted by atomic mass is 9.93. The predicted octanol–water partition coefficient (Wildman–Crippen LogP) is 3.92. The summed E-state index contributed by atoms with van der Waals surface area (Å²) in [7, 11) is 0. The van der Waals surface area contributed by atoms with Crippen molar-refractivity contribution in [2.75, 3.05) is 11.5 Å². The van der Waals surface area contributed by atoms with Gasteiger partial charge in [0.25, 0.3) is 5.91 Å². The molecule has 8 heteroatoms. The van der Waals surface area contributed by atoms with Gasteiger partial charge in [-0.1, -0.05) is 56.3 Å². The molecule has 1 aliphatic rings. The number of fused-ring (bicyclic) bond motifs is 1. The second-order valence-corrected chi connectivity index (χ2v) is 9.12. The second-order valence-electron chi connectivity index (χ2n) is 9.12. The molecule has 0 radical (unpaired) electrons. The highest BCUT2D eigenvalue weighted by Gasteiger charge is 2.49. The van der Waals surface area contributed by atoms with Gasteiger partial charge in [-0.3, -0.25) is 19.2 Å². The van der Waals surface area contributed by atoms with Crippen molar-refractivity contribution in [2.45, 2.75) is 52.2 Å². The number of carbonyl (C=O) groups excluding carboxylic acids is 3. The largest absolute Gasteiger partial charge is 0.461 e. The quantitative estimate of drug-likeness (QED) is 0.524. The van der Waals surface area contributed by atoms with Gasteiger partial charge in [0.1, 0.15) is 11.2 Å². The molecular weight excluding hydrogens is 444 g/mol. The number of nitrogens with zero attached hydrogens (tertiary/aromatic N) is 3. The van der Waals surface area contributed by atoms with Gasteiger partial charge in [0.15, 0.2) is 5.69 Å². The average molecular weight is 475 g/mol. The Labute approximate surface area is 204 Å². The highest BCUT2D eigenvalue weighted by Crippen LogP contribution is 2.33. The number of ether oxygens (including phenoxy) is 1. The lowest BCUT2D eigenvalue weighted by Crippen LogP contribution is -2.64. The maximum Gasteiger partial charge on any atom is 0.358 e. The van der Waals surface area contributed by atoms with Crippen molar-refractivity contribution < 1.29 is 19.1 Å². The van der Waals surface area contributed by atoms with E-state index in [0.717, 1.165) is 11.1 Å². The van der Waals surface area contributed by atoms with Crippen molar-refractivity contribution in [3.05, 3.63) is 83.2 Å². The van der Waals surface area contributed by atoms with Gasteiger partial charge in [0, 0.05) is 18.3 Å². The first-order chi connectivity index (χ1) is 16.7. The number of carbonyl (C=O) groups is 3. The maximum absolute atomic E-state index is 13.8. The highest BCUT2D eigenvalue weighted by atomic mass is 16.5.